The van der Waals surface area contributed by atoms with Gasteiger partial charge < -0.3 is 0 Å². The molecule has 0 atom stereocenters. The maximum atomic E-state index is 12.0. The molecule has 3 heteroatoms. The highest BCUT2D eigenvalue weighted by Crippen LogP contribution is 2.11. The summed E-state index contributed by atoms with van der Waals surface area (Å²) in [5.41, 5.74) is 2.11. The van der Waals surface area contributed by atoms with Gasteiger partial charge in [0.05, 0.1) is 0 Å². The van der Waals surface area contributed by atoms with Gasteiger partial charge in [-0.05, 0) is 13.0 Å². The Bertz CT molecular complexity index is 509. The lowest BCUT2D eigenvalue weighted by Gasteiger charge is -2.04. The summed E-state index contributed by atoms with van der Waals surface area (Å²) in [6.07, 6.45) is 3.32. The summed E-state index contributed by atoms with van der Waals surface area (Å²) in [7, 11) is 0. The SMILES string of the molecule is C=C(C(=O)c1ccc(C)cc1)n1cccn1. The van der Waals surface area contributed by atoms with Crippen LogP contribution in [-0.4, -0.2) is 15.6 Å². The molecule has 16 heavy (non-hydrogen) atoms. The second-order valence-corrected chi connectivity index (χ2v) is 3.59. The van der Waals surface area contributed by atoms with Gasteiger partial charge in [-0.1, -0.05) is 36.4 Å². The van der Waals surface area contributed by atoms with Crippen molar-refractivity contribution >= 4 is 11.5 Å². The fraction of sp³-hybridized carbons (Fsp3) is 0.0769. The van der Waals surface area contributed by atoms with E-state index in [1.165, 1.54) is 4.68 Å². The molecule has 0 aliphatic heterocycles. The van der Waals surface area contributed by atoms with E-state index >= 15 is 0 Å². The van der Waals surface area contributed by atoms with E-state index in [0.717, 1.165) is 5.56 Å². The molecule has 0 spiro atoms. The molecule has 1 heterocycles. The Morgan fingerprint density at radius 2 is 2.00 bits per heavy atom. The number of benzene rings is 1. The van der Waals surface area contributed by atoms with Crippen molar-refractivity contribution in [2.24, 2.45) is 0 Å². The fourth-order valence-electron chi connectivity index (χ4n) is 1.40. The van der Waals surface area contributed by atoms with Crippen molar-refractivity contribution in [3.63, 3.8) is 0 Å². The van der Waals surface area contributed by atoms with E-state index in [1.807, 2.05) is 19.1 Å². The molecule has 0 bridgehead atoms. The van der Waals surface area contributed by atoms with E-state index in [1.54, 1.807) is 30.6 Å². The topological polar surface area (TPSA) is 34.9 Å². The van der Waals surface area contributed by atoms with Gasteiger partial charge in [0.25, 0.3) is 0 Å². The Kier molecular flexibility index (Phi) is 2.68. The number of carbonyl (C=O) groups is 1. The normalized spacial score (nSPS) is 10.1. The van der Waals surface area contributed by atoms with Crippen LogP contribution in [0.15, 0.2) is 49.3 Å². The van der Waals surface area contributed by atoms with Crippen molar-refractivity contribution in [1.82, 2.24) is 9.78 Å². The number of nitrogens with zero attached hydrogens (tertiary/aromatic N) is 2. The van der Waals surface area contributed by atoms with Gasteiger partial charge in [-0.15, -0.1) is 0 Å². The Labute approximate surface area is 94.0 Å². The third-order valence-corrected chi connectivity index (χ3v) is 2.36. The summed E-state index contributed by atoms with van der Waals surface area (Å²) >= 11 is 0. The number of hydrogen-bond donors (Lipinski definition) is 0. The quantitative estimate of drug-likeness (QED) is 0.579. The van der Waals surface area contributed by atoms with Gasteiger partial charge in [0.1, 0.15) is 5.70 Å². The third kappa shape index (κ3) is 1.93. The molecule has 1 aromatic carbocycles. The lowest BCUT2D eigenvalue weighted by atomic mass is 10.1. The van der Waals surface area contributed by atoms with Crippen LogP contribution in [0.3, 0.4) is 0 Å². The Balaban J connectivity index is 2.26. The molecule has 0 fully saturated rings. The monoisotopic (exact) mass is 212 g/mol. The highest BCUT2D eigenvalue weighted by Gasteiger charge is 2.11. The van der Waals surface area contributed by atoms with Crippen molar-refractivity contribution in [2.45, 2.75) is 6.92 Å². The molecule has 2 rings (SSSR count). The summed E-state index contributed by atoms with van der Waals surface area (Å²) in [6, 6.07) is 9.17. The molecular formula is C13H12N2O. The van der Waals surface area contributed by atoms with Crippen LogP contribution in [0.1, 0.15) is 15.9 Å². The largest absolute Gasteiger partial charge is 0.287 e. The molecule has 80 valence electrons. The predicted molar refractivity (Wildman–Crippen MR) is 63.1 cm³/mol. The zero-order valence-electron chi connectivity index (χ0n) is 9.05. The van der Waals surface area contributed by atoms with Crippen LogP contribution in [0.2, 0.25) is 0 Å². The summed E-state index contributed by atoms with van der Waals surface area (Å²) in [6.45, 7) is 5.73. The molecule has 0 amide bonds. The first-order valence-electron chi connectivity index (χ1n) is 4.99. The number of aromatic nitrogens is 2. The average molecular weight is 212 g/mol. The van der Waals surface area contributed by atoms with Crippen molar-refractivity contribution in [3.8, 4) is 0 Å². The summed E-state index contributed by atoms with van der Waals surface area (Å²) in [4.78, 5) is 12.0. The minimum atomic E-state index is -0.108. The minimum absolute atomic E-state index is 0.108. The Morgan fingerprint density at radius 1 is 1.31 bits per heavy atom. The fourth-order valence-corrected chi connectivity index (χ4v) is 1.40. The molecule has 0 unspecified atom stereocenters. The van der Waals surface area contributed by atoms with E-state index in [4.69, 9.17) is 0 Å². The van der Waals surface area contributed by atoms with Crippen LogP contribution in [0.4, 0.5) is 0 Å². The number of allylic oxidation sites excluding steroid dienone is 1. The second kappa shape index (κ2) is 4.14. The van der Waals surface area contributed by atoms with Gasteiger partial charge in [-0.2, -0.15) is 5.10 Å². The molecule has 0 radical (unpaired) electrons. The van der Waals surface area contributed by atoms with E-state index < -0.39 is 0 Å². The number of Topliss-reactive ketones (excluding diaryl/α,β-unsaturated/α-hetero) is 1. The predicted octanol–water partition coefficient (Wildman–Crippen LogP) is 2.55. The van der Waals surface area contributed by atoms with Crippen molar-refractivity contribution in [3.05, 3.63) is 60.4 Å². The maximum Gasteiger partial charge on any atom is 0.210 e. The maximum absolute atomic E-state index is 12.0. The first-order valence-corrected chi connectivity index (χ1v) is 4.99. The number of hydrogen-bond acceptors (Lipinski definition) is 2. The first kappa shape index (κ1) is 10.4. The molecule has 2 aromatic rings. The standard InChI is InChI=1S/C13H12N2O/c1-10-4-6-12(7-5-10)13(16)11(2)15-9-3-8-14-15/h3-9H,2H2,1H3. The highest BCUT2D eigenvalue weighted by atomic mass is 16.1. The van der Waals surface area contributed by atoms with Gasteiger partial charge in [-0.25, -0.2) is 4.68 Å². The molecule has 1 aromatic heterocycles. The van der Waals surface area contributed by atoms with Crippen LogP contribution in [0.5, 0.6) is 0 Å². The van der Waals surface area contributed by atoms with Gasteiger partial charge in [0, 0.05) is 18.0 Å². The summed E-state index contributed by atoms with van der Waals surface area (Å²) < 4.78 is 1.47. The lowest BCUT2D eigenvalue weighted by Crippen LogP contribution is -2.08. The summed E-state index contributed by atoms with van der Waals surface area (Å²) in [5, 5.41) is 3.98. The average Bonchev–Trinajstić information content (AvgIpc) is 2.81. The van der Waals surface area contributed by atoms with Crippen LogP contribution >= 0.6 is 0 Å². The smallest absolute Gasteiger partial charge is 0.210 e. The van der Waals surface area contributed by atoms with E-state index in [2.05, 4.69) is 11.7 Å². The van der Waals surface area contributed by atoms with Crippen LogP contribution < -0.4 is 0 Å². The molecular weight excluding hydrogens is 200 g/mol. The summed E-state index contributed by atoms with van der Waals surface area (Å²) in [5.74, 6) is -0.108. The van der Waals surface area contributed by atoms with Gasteiger partial charge in [0.2, 0.25) is 5.78 Å². The number of ketones is 1. The number of carbonyl (C=O) groups excluding carboxylic acids is 1. The Morgan fingerprint density at radius 3 is 2.56 bits per heavy atom. The lowest BCUT2D eigenvalue weighted by molar-refractivity contribution is 0.105. The zero-order valence-corrected chi connectivity index (χ0v) is 9.05. The molecule has 3 nitrogen and oxygen atoms in total. The van der Waals surface area contributed by atoms with Crippen molar-refractivity contribution in [2.75, 3.05) is 0 Å². The van der Waals surface area contributed by atoms with E-state index in [0.29, 0.717) is 11.3 Å². The molecule has 0 N–H and O–H groups in total. The van der Waals surface area contributed by atoms with Crippen molar-refractivity contribution < 1.29 is 4.79 Å². The first-order chi connectivity index (χ1) is 7.68. The second-order valence-electron chi connectivity index (χ2n) is 3.59. The van der Waals surface area contributed by atoms with Gasteiger partial charge in [0.15, 0.2) is 0 Å². The van der Waals surface area contributed by atoms with E-state index in [9.17, 15) is 4.79 Å². The van der Waals surface area contributed by atoms with Crippen LogP contribution in [0.25, 0.3) is 5.70 Å². The molecule has 0 saturated heterocycles. The molecule has 0 aliphatic rings. The zero-order chi connectivity index (χ0) is 11.5. The van der Waals surface area contributed by atoms with Gasteiger partial charge >= 0.3 is 0 Å². The third-order valence-electron chi connectivity index (χ3n) is 2.36. The number of rotatable bonds is 3. The van der Waals surface area contributed by atoms with E-state index in [-0.39, 0.29) is 5.78 Å². The minimum Gasteiger partial charge on any atom is -0.287 e. The van der Waals surface area contributed by atoms with Crippen LogP contribution in [0, 0.1) is 6.92 Å². The number of aryl methyl sites for hydroxylation is 1. The molecule has 0 aliphatic carbocycles. The highest BCUT2D eigenvalue weighted by molar-refractivity contribution is 6.23. The Hall–Kier alpha value is -2.16. The van der Waals surface area contributed by atoms with Crippen molar-refractivity contribution in [1.29, 1.82) is 0 Å². The molecule has 0 saturated carbocycles. The van der Waals surface area contributed by atoms with Crippen LogP contribution in [-0.2, 0) is 0 Å². The van der Waals surface area contributed by atoms with Gasteiger partial charge in [-0.3, -0.25) is 4.79 Å².